The molecule has 128 valence electrons. The van der Waals surface area contributed by atoms with Crippen LogP contribution in [0.2, 0.25) is 0 Å². The summed E-state index contributed by atoms with van der Waals surface area (Å²) in [6.45, 7) is 5.71. The number of carbonyl (C=O) groups excluding carboxylic acids is 2. The van der Waals surface area contributed by atoms with Crippen molar-refractivity contribution in [2.75, 3.05) is 14.2 Å². The van der Waals surface area contributed by atoms with E-state index in [1.165, 1.54) is 7.11 Å². The van der Waals surface area contributed by atoms with Crippen LogP contribution in [0.1, 0.15) is 38.3 Å². The smallest absolute Gasteiger partial charge is 0.407 e. The van der Waals surface area contributed by atoms with E-state index in [0.717, 1.165) is 11.1 Å². The van der Waals surface area contributed by atoms with E-state index in [4.69, 9.17) is 9.47 Å². The molecule has 6 nitrogen and oxygen atoms in total. The third-order valence-electron chi connectivity index (χ3n) is 3.06. The van der Waals surface area contributed by atoms with Gasteiger partial charge in [0.1, 0.15) is 11.4 Å². The van der Waals surface area contributed by atoms with E-state index in [0.29, 0.717) is 18.7 Å². The number of hydrogen-bond acceptors (Lipinski definition) is 5. The van der Waals surface area contributed by atoms with Crippen LogP contribution in [0.3, 0.4) is 0 Å². The predicted molar refractivity (Wildman–Crippen MR) is 86.4 cm³/mol. The summed E-state index contributed by atoms with van der Waals surface area (Å²) in [4.78, 5) is 23.1. The summed E-state index contributed by atoms with van der Waals surface area (Å²) in [5.41, 5.74) is 1.28. The predicted octanol–water partition coefficient (Wildman–Crippen LogP) is 2.83. The largest absolute Gasteiger partial charge is 0.497 e. The molecular weight excluding hydrogens is 298 g/mol. The zero-order valence-electron chi connectivity index (χ0n) is 14.4. The van der Waals surface area contributed by atoms with Crippen LogP contribution in [0.25, 0.3) is 0 Å². The molecule has 1 aromatic rings. The van der Waals surface area contributed by atoms with E-state index in [9.17, 15) is 9.59 Å². The van der Waals surface area contributed by atoms with Gasteiger partial charge in [0, 0.05) is 13.0 Å². The summed E-state index contributed by atoms with van der Waals surface area (Å²) in [5, 5.41) is 2.72. The SMILES string of the molecule is COC(=O)CCc1ccc(OC)cc1CNC(=O)OC(C)(C)C. The zero-order valence-corrected chi connectivity index (χ0v) is 14.4. The second-order valence-corrected chi connectivity index (χ2v) is 6.07. The first-order valence-corrected chi connectivity index (χ1v) is 7.44. The normalized spacial score (nSPS) is 10.8. The molecule has 23 heavy (non-hydrogen) atoms. The van der Waals surface area contributed by atoms with E-state index in [1.54, 1.807) is 27.9 Å². The van der Waals surface area contributed by atoms with E-state index in [1.807, 2.05) is 18.2 Å². The van der Waals surface area contributed by atoms with Crippen LogP contribution in [0, 0.1) is 0 Å². The Kier molecular flexibility index (Phi) is 6.88. The van der Waals surface area contributed by atoms with Crippen molar-refractivity contribution in [3.8, 4) is 5.75 Å². The number of esters is 1. The van der Waals surface area contributed by atoms with E-state index in [-0.39, 0.29) is 12.4 Å². The number of ether oxygens (including phenoxy) is 3. The lowest BCUT2D eigenvalue weighted by Crippen LogP contribution is -2.32. The Morgan fingerprint density at radius 1 is 1.13 bits per heavy atom. The minimum Gasteiger partial charge on any atom is -0.497 e. The maximum atomic E-state index is 11.8. The van der Waals surface area contributed by atoms with E-state index >= 15 is 0 Å². The third-order valence-corrected chi connectivity index (χ3v) is 3.06. The molecule has 1 rings (SSSR count). The fourth-order valence-electron chi connectivity index (χ4n) is 1.96. The first-order chi connectivity index (χ1) is 10.7. The number of methoxy groups -OCH3 is 2. The van der Waals surface area contributed by atoms with E-state index in [2.05, 4.69) is 10.1 Å². The van der Waals surface area contributed by atoms with Gasteiger partial charge in [-0.2, -0.15) is 0 Å². The molecule has 0 saturated carbocycles. The first-order valence-electron chi connectivity index (χ1n) is 7.44. The summed E-state index contributed by atoms with van der Waals surface area (Å²) in [6.07, 6.45) is 0.323. The summed E-state index contributed by atoms with van der Waals surface area (Å²) in [5.74, 6) is 0.416. The number of hydrogen-bond donors (Lipinski definition) is 1. The minimum atomic E-state index is -0.549. The molecule has 6 heteroatoms. The fourth-order valence-corrected chi connectivity index (χ4v) is 1.96. The van der Waals surface area contributed by atoms with Gasteiger partial charge in [0.15, 0.2) is 0 Å². The number of aryl methyl sites for hydroxylation is 1. The molecule has 1 amide bonds. The van der Waals surface area contributed by atoms with Gasteiger partial charge in [0.25, 0.3) is 0 Å². The Morgan fingerprint density at radius 3 is 2.39 bits per heavy atom. The Morgan fingerprint density at radius 2 is 1.83 bits per heavy atom. The molecule has 0 aliphatic carbocycles. The van der Waals surface area contributed by atoms with Crippen LogP contribution in [0.5, 0.6) is 5.75 Å². The molecule has 0 radical (unpaired) electrons. The lowest BCUT2D eigenvalue weighted by atomic mass is 10.0. The average molecular weight is 323 g/mol. The van der Waals surface area contributed by atoms with Crippen molar-refractivity contribution in [2.45, 2.75) is 45.8 Å². The van der Waals surface area contributed by atoms with Gasteiger partial charge in [-0.25, -0.2) is 4.79 Å². The standard InChI is InChI=1S/C17H25NO5/c1-17(2,3)23-16(20)18-11-13-10-14(21-4)8-6-12(13)7-9-15(19)22-5/h6,8,10H,7,9,11H2,1-5H3,(H,18,20). The number of carbonyl (C=O) groups is 2. The molecule has 1 aromatic carbocycles. The van der Waals surface area contributed by atoms with Crippen molar-refractivity contribution >= 4 is 12.1 Å². The number of nitrogens with one attached hydrogen (secondary N) is 1. The van der Waals surface area contributed by atoms with Gasteiger partial charge >= 0.3 is 12.1 Å². The summed E-state index contributed by atoms with van der Waals surface area (Å²) in [6, 6.07) is 5.54. The van der Waals surface area contributed by atoms with Gasteiger partial charge in [-0.1, -0.05) is 6.07 Å². The Balaban J connectivity index is 2.77. The van der Waals surface area contributed by atoms with Gasteiger partial charge in [0.2, 0.25) is 0 Å². The Bertz CT molecular complexity index is 548. The summed E-state index contributed by atoms with van der Waals surface area (Å²) in [7, 11) is 2.94. The number of alkyl carbamates (subject to hydrolysis) is 1. The topological polar surface area (TPSA) is 73.9 Å². The van der Waals surface area contributed by atoms with Crippen molar-refractivity contribution in [2.24, 2.45) is 0 Å². The number of benzene rings is 1. The molecule has 0 saturated heterocycles. The molecule has 0 spiro atoms. The first kappa shape index (κ1) is 18.8. The van der Waals surface area contributed by atoms with Crippen LogP contribution in [-0.4, -0.2) is 31.9 Å². The highest BCUT2D eigenvalue weighted by atomic mass is 16.6. The van der Waals surface area contributed by atoms with Crippen molar-refractivity contribution in [3.63, 3.8) is 0 Å². The molecule has 1 N–H and O–H groups in total. The van der Waals surface area contributed by atoms with Crippen molar-refractivity contribution in [1.29, 1.82) is 0 Å². The summed E-state index contributed by atoms with van der Waals surface area (Å²) >= 11 is 0. The van der Waals surface area contributed by atoms with Crippen LogP contribution in [-0.2, 0) is 27.2 Å². The second kappa shape index (κ2) is 8.41. The maximum absolute atomic E-state index is 11.8. The Labute approximate surface area is 137 Å². The van der Waals surface area contributed by atoms with Gasteiger partial charge in [-0.15, -0.1) is 0 Å². The number of amides is 1. The fraction of sp³-hybridized carbons (Fsp3) is 0.529. The van der Waals surface area contributed by atoms with Crippen molar-refractivity contribution < 1.29 is 23.8 Å². The summed E-state index contributed by atoms with van der Waals surface area (Å²) < 4.78 is 15.1. The van der Waals surface area contributed by atoms with E-state index < -0.39 is 11.7 Å². The van der Waals surface area contributed by atoms with Crippen LogP contribution in [0.15, 0.2) is 18.2 Å². The maximum Gasteiger partial charge on any atom is 0.407 e. The minimum absolute atomic E-state index is 0.271. The average Bonchev–Trinajstić information content (AvgIpc) is 2.49. The van der Waals surface area contributed by atoms with Gasteiger partial charge < -0.3 is 19.5 Å². The Hall–Kier alpha value is -2.24. The molecule has 0 bridgehead atoms. The quantitative estimate of drug-likeness (QED) is 0.815. The highest BCUT2D eigenvalue weighted by Crippen LogP contribution is 2.19. The molecular formula is C17H25NO5. The molecule has 0 heterocycles. The molecule has 0 aliphatic heterocycles. The molecule has 0 atom stereocenters. The van der Waals surface area contributed by atoms with Crippen LogP contribution >= 0.6 is 0 Å². The second-order valence-electron chi connectivity index (χ2n) is 6.07. The molecule has 0 aliphatic rings. The monoisotopic (exact) mass is 323 g/mol. The third kappa shape index (κ3) is 7.04. The highest BCUT2D eigenvalue weighted by Gasteiger charge is 2.16. The van der Waals surface area contributed by atoms with Crippen LogP contribution < -0.4 is 10.1 Å². The zero-order chi connectivity index (χ0) is 17.5. The van der Waals surface area contributed by atoms with Crippen molar-refractivity contribution in [1.82, 2.24) is 5.32 Å². The van der Waals surface area contributed by atoms with Gasteiger partial charge in [-0.3, -0.25) is 4.79 Å². The van der Waals surface area contributed by atoms with Crippen molar-refractivity contribution in [3.05, 3.63) is 29.3 Å². The lowest BCUT2D eigenvalue weighted by Gasteiger charge is -2.20. The lowest BCUT2D eigenvalue weighted by molar-refractivity contribution is -0.140. The molecule has 0 fully saturated rings. The number of rotatable bonds is 6. The van der Waals surface area contributed by atoms with Gasteiger partial charge in [-0.05, 0) is 50.5 Å². The van der Waals surface area contributed by atoms with Gasteiger partial charge in [0.05, 0.1) is 14.2 Å². The molecule has 0 unspecified atom stereocenters. The van der Waals surface area contributed by atoms with Crippen LogP contribution in [0.4, 0.5) is 4.79 Å². The molecule has 0 aromatic heterocycles. The highest BCUT2D eigenvalue weighted by molar-refractivity contribution is 5.69.